The molecule has 0 aliphatic carbocycles. The Morgan fingerprint density at radius 2 is 2.06 bits per heavy atom. The van der Waals surface area contributed by atoms with E-state index in [2.05, 4.69) is 40.4 Å². The van der Waals surface area contributed by atoms with E-state index in [4.69, 9.17) is 4.74 Å². The van der Waals surface area contributed by atoms with Crippen molar-refractivity contribution >= 4 is 0 Å². The molecular formula is C14H17N3O. The topological polar surface area (TPSA) is 47.0 Å². The van der Waals surface area contributed by atoms with E-state index in [1.807, 2.05) is 19.2 Å². The summed E-state index contributed by atoms with van der Waals surface area (Å²) < 4.78 is 5.13. The van der Waals surface area contributed by atoms with Crippen LogP contribution >= 0.6 is 0 Å². The monoisotopic (exact) mass is 243 g/mol. The van der Waals surface area contributed by atoms with Crippen LogP contribution in [-0.2, 0) is 0 Å². The number of nitrogens with zero attached hydrogens (tertiary/aromatic N) is 2. The Bertz CT molecular complexity index is 528. The van der Waals surface area contributed by atoms with E-state index in [0.717, 1.165) is 5.69 Å². The predicted molar refractivity (Wildman–Crippen MR) is 70.7 cm³/mol. The molecule has 94 valence electrons. The van der Waals surface area contributed by atoms with Gasteiger partial charge in [0, 0.05) is 6.07 Å². The number of aromatic nitrogens is 2. The molecule has 0 saturated heterocycles. The van der Waals surface area contributed by atoms with Crippen LogP contribution < -0.4 is 10.1 Å². The fraction of sp³-hybridized carbons (Fsp3) is 0.286. The van der Waals surface area contributed by atoms with Crippen LogP contribution in [0.4, 0.5) is 0 Å². The van der Waals surface area contributed by atoms with E-state index in [1.165, 1.54) is 17.5 Å². The number of nitrogens with one attached hydrogen (secondary N) is 1. The highest BCUT2D eigenvalue weighted by Crippen LogP contribution is 2.22. The summed E-state index contributed by atoms with van der Waals surface area (Å²) in [5, 5.41) is 3.27. The number of aryl methyl sites for hydroxylation is 1. The minimum Gasteiger partial charge on any atom is -0.481 e. The number of rotatable bonds is 4. The first-order chi connectivity index (χ1) is 8.74. The molecule has 1 atom stereocenters. The Kier molecular flexibility index (Phi) is 3.89. The maximum atomic E-state index is 5.13. The second kappa shape index (κ2) is 5.60. The zero-order valence-electron chi connectivity index (χ0n) is 10.8. The first kappa shape index (κ1) is 12.5. The molecule has 1 aromatic heterocycles. The van der Waals surface area contributed by atoms with Crippen molar-refractivity contribution in [2.75, 3.05) is 14.2 Å². The van der Waals surface area contributed by atoms with Gasteiger partial charge in [0.1, 0.15) is 6.33 Å². The van der Waals surface area contributed by atoms with Crippen LogP contribution in [-0.4, -0.2) is 24.1 Å². The van der Waals surface area contributed by atoms with Crippen molar-refractivity contribution in [2.45, 2.75) is 13.0 Å². The lowest BCUT2D eigenvalue weighted by atomic mass is 10.0. The standard InChI is InChI=1S/C14H17N3O/c1-10-5-4-6-11(7-10)14(15-2)12-8-13(18-3)17-9-16-12/h4-9,14-15H,1-3H3. The van der Waals surface area contributed by atoms with Crippen molar-refractivity contribution in [3.8, 4) is 5.88 Å². The molecule has 1 heterocycles. The van der Waals surface area contributed by atoms with Gasteiger partial charge in [-0.2, -0.15) is 0 Å². The molecule has 0 bridgehead atoms. The molecule has 0 amide bonds. The van der Waals surface area contributed by atoms with Crippen LogP contribution in [0.15, 0.2) is 36.7 Å². The maximum absolute atomic E-state index is 5.13. The molecule has 2 rings (SSSR count). The van der Waals surface area contributed by atoms with Crippen LogP contribution in [0.5, 0.6) is 5.88 Å². The van der Waals surface area contributed by atoms with Gasteiger partial charge in [-0.05, 0) is 19.5 Å². The molecular weight excluding hydrogens is 226 g/mol. The summed E-state index contributed by atoms with van der Waals surface area (Å²) in [7, 11) is 3.52. The highest BCUT2D eigenvalue weighted by Gasteiger charge is 2.14. The minimum absolute atomic E-state index is 0.0433. The van der Waals surface area contributed by atoms with E-state index in [1.54, 1.807) is 7.11 Å². The zero-order chi connectivity index (χ0) is 13.0. The summed E-state index contributed by atoms with van der Waals surface area (Å²) >= 11 is 0. The molecule has 4 nitrogen and oxygen atoms in total. The molecule has 1 unspecified atom stereocenters. The highest BCUT2D eigenvalue weighted by molar-refractivity contribution is 5.32. The molecule has 18 heavy (non-hydrogen) atoms. The minimum atomic E-state index is 0.0433. The summed E-state index contributed by atoms with van der Waals surface area (Å²) in [6.45, 7) is 2.08. The molecule has 0 radical (unpaired) electrons. The van der Waals surface area contributed by atoms with Gasteiger partial charge in [-0.15, -0.1) is 0 Å². The quantitative estimate of drug-likeness (QED) is 0.893. The number of methoxy groups -OCH3 is 1. The molecule has 0 saturated carbocycles. The lowest BCUT2D eigenvalue weighted by molar-refractivity contribution is 0.395. The fourth-order valence-corrected chi connectivity index (χ4v) is 1.96. The largest absolute Gasteiger partial charge is 0.481 e. The van der Waals surface area contributed by atoms with Crippen molar-refractivity contribution < 1.29 is 4.74 Å². The van der Waals surface area contributed by atoms with Crippen molar-refractivity contribution in [1.82, 2.24) is 15.3 Å². The summed E-state index contributed by atoms with van der Waals surface area (Å²) in [5.74, 6) is 0.577. The first-order valence-electron chi connectivity index (χ1n) is 5.84. The SMILES string of the molecule is CNC(c1cccc(C)c1)c1cc(OC)ncn1. The summed E-state index contributed by atoms with van der Waals surface area (Å²) in [5.41, 5.74) is 3.31. The van der Waals surface area contributed by atoms with Crippen LogP contribution in [0.3, 0.4) is 0 Å². The van der Waals surface area contributed by atoms with E-state index in [-0.39, 0.29) is 6.04 Å². The van der Waals surface area contributed by atoms with Gasteiger partial charge in [0.15, 0.2) is 0 Å². The van der Waals surface area contributed by atoms with Crippen molar-refractivity contribution in [3.05, 3.63) is 53.5 Å². The highest BCUT2D eigenvalue weighted by atomic mass is 16.5. The van der Waals surface area contributed by atoms with Gasteiger partial charge >= 0.3 is 0 Å². The zero-order valence-corrected chi connectivity index (χ0v) is 10.8. The number of hydrogen-bond donors (Lipinski definition) is 1. The molecule has 0 spiro atoms. The third-order valence-electron chi connectivity index (χ3n) is 2.83. The Morgan fingerprint density at radius 1 is 1.22 bits per heavy atom. The van der Waals surface area contributed by atoms with Gasteiger partial charge in [-0.1, -0.05) is 29.8 Å². The van der Waals surface area contributed by atoms with Gasteiger partial charge in [0.2, 0.25) is 5.88 Å². The van der Waals surface area contributed by atoms with Crippen LogP contribution in [0.25, 0.3) is 0 Å². The summed E-state index contributed by atoms with van der Waals surface area (Å²) in [6.07, 6.45) is 1.52. The van der Waals surface area contributed by atoms with E-state index in [0.29, 0.717) is 5.88 Å². The maximum Gasteiger partial charge on any atom is 0.216 e. The molecule has 2 aromatic rings. The van der Waals surface area contributed by atoms with Gasteiger partial charge in [0.25, 0.3) is 0 Å². The third-order valence-corrected chi connectivity index (χ3v) is 2.83. The van der Waals surface area contributed by atoms with E-state index in [9.17, 15) is 0 Å². The number of ether oxygens (including phenoxy) is 1. The molecule has 0 fully saturated rings. The molecule has 1 aromatic carbocycles. The fourth-order valence-electron chi connectivity index (χ4n) is 1.96. The van der Waals surface area contributed by atoms with Gasteiger partial charge in [-0.3, -0.25) is 0 Å². The van der Waals surface area contributed by atoms with Crippen LogP contribution in [0.2, 0.25) is 0 Å². The Hall–Kier alpha value is -1.94. The van der Waals surface area contributed by atoms with Crippen molar-refractivity contribution in [2.24, 2.45) is 0 Å². The van der Waals surface area contributed by atoms with Crippen molar-refractivity contribution in [1.29, 1.82) is 0 Å². The van der Waals surface area contributed by atoms with Crippen molar-refractivity contribution in [3.63, 3.8) is 0 Å². The van der Waals surface area contributed by atoms with Gasteiger partial charge in [-0.25, -0.2) is 9.97 Å². The Balaban J connectivity index is 2.38. The Labute approximate surface area is 107 Å². The number of hydrogen-bond acceptors (Lipinski definition) is 4. The second-order valence-corrected chi connectivity index (χ2v) is 4.12. The summed E-state index contributed by atoms with van der Waals surface area (Å²) in [6, 6.07) is 10.3. The average Bonchev–Trinajstić information content (AvgIpc) is 2.40. The van der Waals surface area contributed by atoms with Crippen LogP contribution in [0.1, 0.15) is 22.9 Å². The first-order valence-corrected chi connectivity index (χ1v) is 5.84. The second-order valence-electron chi connectivity index (χ2n) is 4.12. The molecule has 4 heteroatoms. The normalized spacial score (nSPS) is 12.2. The smallest absolute Gasteiger partial charge is 0.216 e. The summed E-state index contributed by atoms with van der Waals surface area (Å²) in [4.78, 5) is 8.34. The predicted octanol–water partition coefficient (Wildman–Crippen LogP) is 2.10. The third kappa shape index (κ3) is 2.65. The Morgan fingerprint density at radius 3 is 2.72 bits per heavy atom. The van der Waals surface area contributed by atoms with Crippen LogP contribution in [0, 0.1) is 6.92 Å². The average molecular weight is 243 g/mol. The lowest BCUT2D eigenvalue weighted by Gasteiger charge is -2.16. The van der Waals surface area contributed by atoms with Gasteiger partial charge < -0.3 is 10.1 Å². The lowest BCUT2D eigenvalue weighted by Crippen LogP contribution is -2.19. The molecule has 0 aliphatic rings. The molecule has 0 aliphatic heterocycles. The van der Waals surface area contributed by atoms with E-state index < -0.39 is 0 Å². The molecule has 1 N–H and O–H groups in total. The van der Waals surface area contributed by atoms with E-state index >= 15 is 0 Å². The number of benzene rings is 1. The van der Waals surface area contributed by atoms with Gasteiger partial charge in [0.05, 0.1) is 18.8 Å².